The molecule has 7 nitrogen and oxygen atoms in total. The van der Waals surface area contributed by atoms with Gasteiger partial charge in [-0.3, -0.25) is 4.79 Å². The highest BCUT2D eigenvalue weighted by Gasteiger charge is 2.22. The molecule has 1 aromatic rings. The molecule has 0 radical (unpaired) electrons. The molecular weight excluding hydrogens is 302 g/mol. The first-order valence-corrected chi connectivity index (χ1v) is 9.13. The molecule has 0 aliphatic rings. The maximum absolute atomic E-state index is 11.4. The molecule has 1 rings (SSSR count). The van der Waals surface area contributed by atoms with Crippen molar-refractivity contribution >= 4 is 27.6 Å². The van der Waals surface area contributed by atoms with Crippen LogP contribution in [0.5, 0.6) is 0 Å². The number of rotatable bonds is 7. The van der Waals surface area contributed by atoms with Crippen LogP contribution in [0, 0.1) is 0 Å². The van der Waals surface area contributed by atoms with Gasteiger partial charge < -0.3 is 9.67 Å². The highest BCUT2D eigenvalue weighted by molar-refractivity contribution is 7.99. The average molecular weight is 321 g/mol. The van der Waals surface area contributed by atoms with Crippen molar-refractivity contribution in [3.63, 3.8) is 0 Å². The maximum Gasteiger partial charge on any atom is 0.313 e. The van der Waals surface area contributed by atoms with E-state index in [0.717, 1.165) is 11.8 Å². The number of carboxylic acid groups (broad SMARTS) is 1. The first-order valence-electron chi connectivity index (χ1n) is 6.09. The Morgan fingerprint density at radius 3 is 2.40 bits per heavy atom. The van der Waals surface area contributed by atoms with Crippen molar-refractivity contribution < 1.29 is 18.3 Å². The van der Waals surface area contributed by atoms with Crippen LogP contribution in [-0.2, 0) is 14.6 Å². The molecule has 0 aromatic carbocycles. The first kappa shape index (κ1) is 17.0. The molecule has 114 valence electrons. The normalized spacial score (nSPS) is 13.7. The van der Waals surface area contributed by atoms with E-state index in [1.54, 1.807) is 11.5 Å². The molecule has 0 saturated carbocycles. The first-order chi connectivity index (χ1) is 9.11. The zero-order valence-corrected chi connectivity index (χ0v) is 13.5. The number of aromatic nitrogens is 3. The summed E-state index contributed by atoms with van der Waals surface area (Å²) in [5, 5.41) is 17.2. The van der Waals surface area contributed by atoms with Gasteiger partial charge >= 0.3 is 5.97 Å². The minimum Gasteiger partial charge on any atom is -0.481 e. The SMILES string of the molecule is CC(C)c1nnc(SCC(=O)O)n1C(C)CS(C)(=O)=O. The summed E-state index contributed by atoms with van der Waals surface area (Å²) in [6.07, 6.45) is 1.17. The number of sulfone groups is 1. The van der Waals surface area contributed by atoms with Gasteiger partial charge in [-0.2, -0.15) is 0 Å². The second-order valence-electron chi connectivity index (χ2n) is 4.99. The lowest BCUT2D eigenvalue weighted by Gasteiger charge is -2.18. The second-order valence-corrected chi connectivity index (χ2v) is 8.12. The lowest BCUT2D eigenvalue weighted by Crippen LogP contribution is -2.20. The largest absolute Gasteiger partial charge is 0.481 e. The van der Waals surface area contributed by atoms with E-state index in [4.69, 9.17) is 5.11 Å². The van der Waals surface area contributed by atoms with Gasteiger partial charge in [0.25, 0.3) is 0 Å². The van der Waals surface area contributed by atoms with E-state index in [9.17, 15) is 13.2 Å². The Labute approximate surface area is 122 Å². The van der Waals surface area contributed by atoms with Crippen LogP contribution < -0.4 is 0 Å². The average Bonchev–Trinajstić information content (AvgIpc) is 2.67. The van der Waals surface area contributed by atoms with Gasteiger partial charge in [0.1, 0.15) is 15.7 Å². The van der Waals surface area contributed by atoms with Crippen LogP contribution in [-0.4, -0.2) is 52.0 Å². The second kappa shape index (κ2) is 6.57. The van der Waals surface area contributed by atoms with Crippen molar-refractivity contribution in [2.45, 2.75) is 37.9 Å². The Morgan fingerprint density at radius 1 is 1.35 bits per heavy atom. The summed E-state index contributed by atoms with van der Waals surface area (Å²) in [5.41, 5.74) is 0. The maximum atomic E-state index is 11.4. The number of hydrogen-bond acceptors (Lipinski definition) is 6. The smallest absolute Gasteiger partial charge is 0.313 e. The fraction of sp³-hybridized carbons (Fsp3) is 0.727. The number of nitrogens with zero attached hydrogens (tertiary/aromatic N) is 3. The van der Waals surface area contributed by atoms with Gasteiger partial charge in [-0.25, -0.2) is 8.42 Å². The van der Waals surface area contributed by atoms with Crippen LogP contribution >= 0.6 is 11.8 Å². The summed E-state index contributed by atoms with van der Waals surface area (Å²) in [7, 11) is -3.14. The summed E-state index contributed by atoms with van der Waals surface area (Å²) < 4.78 is 24.6. The molecule has 1 heterocycles. The lowest BCUT2D eigenvalue weighted by atomic mass is 10.2. The fourth-order valence-electron chi connectivity index (χ4n) is 1.83. The van der Waals surface area contributed by atoms with Gasteiger partial charge in [0.15, 0.2) is 5.16 Å². The van der Waals surface area contributed by atoms with Crippen molar-refractivity contribution in [2.75, 3.05) is 17.8 Å². The third-order valence-corrected chi connectivity index (χ3v) is 4.53. The van der Waals surface area contributed by atoms with Crippen LogP contribution in [0.15, 0.2) is 5.16 Å². The molecule has 0 aliphatic carbocycles. The van der Waals surface area contributed by atoms with Crippen molar-refractivity contribution in [1.29, 1.82) is 0 Å². The van der Waals surface area contributed by atoms with Crippen LogP contribution in [0.3, 0.4) is 0 Å². The van der Waals surface area contributed by atoms with E-state index in [1.807, 2.05) is 13.8 Å². The van der Waals surface area contributed by atoms with Gasteiger partial charge in [0.05, 0.1) is 11.5 Å². The predicted molar refractivity (Wildman–Crippen MR) is 76.9 cm³/mol. The molecule has 0 bridgehead atoms. The van der Waals surface area contributed by atoms with Gasteiger partial charge in [0.2, 0.25) is 0 Å². The number of aliphatic carboxylic acids is 1. The molecule has 0 amide bonds. The summed E-state index contributed by atoms with van der Waals surface area (Å²) in [4.78, 5) is 10.6. The number of hydrogen-bond donors (Lipinski definition) is 1. The molecule has 1 unspecified atom stereocenters. The molecule has 1 N–H and O–H groups in total. The van der Waals surface area contributed by atoms with E-state index in [1.165, 1.54) is 6.26 Å². The van der Waals surface area contributed by atoms with Gasteiger partial charge in [-0.15, -0.1) is 10.2 Å². The molecule has 0 spiro atoms. The highest BCUT2D eigenvalue weighted by Crippen LogP contribution is 2.26. The Morgan fingerprint density at radius 2 is 1.95 bits per heavy atom. The van der Waals surface area contributed by atoms with Crippen LogP contribution in [0.25, 0.3) is 0 Å². The monoisotopic (exact) mass is 321 g/mol. The fourth-order valence-corrected chi connectivity index (χ4v) is 3.62. The Kier molecular flexibility index (Phi) is 5.58. The van der Waals surface area contributed by atoms with E-state index < -0.39 is 15.8 Å². The van der Waals surface area contributed by atoms with E-state index in [-0.39, 0.29) is 23.5 Å². The summed E-state index contributed by atoms with van der Waals surface area (Å²) in [6, 6.07) is -0.339. The van der Waals surface area contributed by atoms with E-state index >= 15 is 0 Å². The van der Waals surface area contributed by atoms with Crippen LogP contribution in [0.4, 0.5) is 0 Å². The molecule has 20 heavy (non-hydrogen) atoms. The lowest BCUT2D eigenvalue weighted by molar-refractivity contribution is -0.133. The molecule has 0 saturated heterocycles. The van der Waals surface area contributed by atoms with Crippen LogP contribution in [0.2, 0.25) is 0 Å². The Balaban J connectivity index is 3.11. The third kappa shape index (κ3) is 4.78. The Bertz CT molecular complexity index is 580. The van der Waals surface area contributed by atoms with Crippen molar-refractivity contribution in [2.24, 2.45) is 0 Å². The van der Waals surface area contributed by atoms with E-state index in [0.29, 0.717) is 11.0 Å². The number of carboxylic acids is 1. The van der Waals surface area contributed by atoms with Crippen molar-refractivity contribution in [3.05, 3.63) is 5.82 Å². The topological polar surface area (TPSA) is 102 Å². The minimum atomic E-state index is -3.14. The minimum absolute atomic E-state index is 0.0363. The summed E-state index contributed by atoms with van der Waals surface area (Å²) in [6.45, 7) is 5.62. The molecule has 1 aromatic heterocycles. The highest BCUT2D eigenvalue weighted by atomic mass is 32.2. The summed E-state index contributed by atoms with van der Waals surface area (Å²) >= 11 is 1.04. The molecule has 9 heteroatoms. The van der Waals surface area contributed by atoms with Crippen LogP contribution in [0.1, 0.15) is 38.6 Å². The van der Waals surface area contributed by atoms with E-state index in [2.05, 4.69) is 10.2 Å². The quantitative estimate of drug-likeness (QED) is 0.752. The Hall–Kier alpha value is -1.09. The molecule has 1 atom stereocenters. The zero-order chi connectivity index (χ0) is 15.5. The standard InChI is InChI=1S/C11H19N3O4S2/c1-7(2)10-12-13-11(19-5-9(15)16)14(10)8(3)6-20(4,17)18/h7-8H,5-6H2,1-4H3,(H,15,16). The summed E-state index contributed by atoms with van der Waals surface area (Å²) in [5.74, 6) is -0.392. The number of thioether (sulfide) groups is 1. The zero-order valence-electron chi connectivity index (χ0n) is 11.9. The molecular formula is C11H19N3O4S2. The van der Waals surface area contributed by atoms with Gasteiger partial charge in [-0.1, -0.05) is 25.6 Å². The number of carbonyl (C=O) groups is 1. The molecule has 0 aliphatic heterocycles. The van der Waals surface area contributed by atoms with Gasteiger partial charge in [-0.05, 0) is 6.92 Å². The molecule has 0 fully saturated rings. The third-order valence-electron chi connectivity index (χ3n) is 2.52. The van der Waals surface area contributed by atoms with Crippen molar-refractivity contribution in [3.8, 4) is 0 Å². The predicted octanol–water partition coefficient (Wildman–Crippen LogP) is 1.18. The van der Waals surface area contributed by atoms with Crippen molar-refractivity contribution in [1.82, 2.24) is 14.8 Å². The van der Waals surface area contributed by atoms with Gasteiger partial charge in [0, 0.05) is 18.2 Å².